The number of nitrogens with one attached hydrogen (secondary N) is 2. The quantitative estimate of drug-likeness (QED) is 0.279. The summed E-state index contributed by atoms with van der Waals surface area (Å²) in [5.41, 5.74) is 11.0. The largest absolute Gasteiger partial charge is 0.364 e. The second kappa shape index (κ2) is 7.63. The minimum atomic E-state index is -0.721. The molecule has 0 atom stereocenters. The van der Waals surface area contributed by atoms with Crippen LogP contribution in [0.25, 0.3) is 21.8 Å². The molecule has 2 heterocycles. The SMILES string of the molecule is NC(=O)c1n[nH]c2ccc([N+](=O)[O-])cc12.NC(=O)c1n[nH]c2ccc([N+](=O)[O-])cc12. The molecule has 2 amide bonds. The molecule has 0 aliphatic rings. The lowest BCUT2D eigenvalue weighted by atomic mass is 10.2. The van der Waals surface area contributed by atoms with E-state index in [0.29, 0.717) is 21.8 Å². The lowest BCUT2D eigenvalue weighted by Gasteiger charge is -1.92. The fourth-order valence-corrected chi connectivity index (χ4v) is 2.61. The van der Waals surface area contributed by atoms with Gasteiger partial charge in [-0.2, -0.15) is 10.2 Å². The van der Waals surface area contributed by atoms with E-state index >= 15 is 0 Å². The van der Waals surface area contributed by atoms with E-state index in [4.69, 9.17) is 11.5 Å². The van der Waals surface area contributed by atoms with Crippen molar-refractivity contribution in [3.8, 4) is 0 Å². The number of carbonyl (C=O) groups is 2. The third-order valence-corrected chi connectivity index (χ3v) is 3.98. The zero-order valence-corrected chi connectivity index (χ0v) is 14.9. The number of benzene rings is 2. The van der Waals surface area contributed by atoms with E-state index in [2.05, 4.69) is 20.4 Å². The van der Waals surface area contributed by atoms with Crippen LogP contribution in [0.2, 0.25) is 0 Å². The monoisotopic (exact) mass is 412 g/mol. The topological polar surface area (TPSA) is 230 Å². The highest BCUT2D eigenvalue weighted by atomic mass is 16.6. The second-order valence-electron chi connectivity index (χ2n) is 5.85. The van der Waals surface area contributed by atoms with Crippen LogP contribution in [-0.2, 0) is 0 Å². The minimum absolute atomic E-state index is 0.00806. The zero-order valence-electron chi connectivity index (χ0n) is 14.9. The van der Waals surface area contributed by atoms with E-state index in [1.807, 2.05) is 0 Å². The smallest absolute Gasteiger partial charge is 0.270 e. The summed E-state index contributed by atoms with van der Waals surface area (Å²) >= 11 is 0. The number of primary amides is 2. The Kier molecular flexibility index (Phi) is 5.05. The fraction of sp³-hybridized carbons (Fsp3) is 0. The van der Waals surface area contributed by atoms with E-state index in [-0.39, 0.29) is 22.8 Å². The molecule has 0 bridgehead atoms. The lowest BCUT2D eigenvalue weighted by Crippen LogP contribution is -2.11. The molecule has 152 valence electrons. The van der Waals surface area contributed by atoms with Gasteiger partial charge in [0.15, 0.2) is 11.4 Å². The Morgan fingerprint density at radius 1 is 0.767 bits per heavy atom. The Morgan fingerprint density at radius 3 is 1.43 bits per heavy atom. The number of nitro benzene ring substituents is 2. The molecule has 6 N–H and O–H groups in total. The number of rotatable bonds is 4. The summed E-state index contributed by atoms with van der Waals surface area (Å²) in [6.07, 6.45) is 0. The van der Waals surface area contributed by atoms with Crippen LogP contribution in [0.5, 0.6) is 0 Å². The normalized spacial score (nSPS) is 10.4. The Hall–Kier alpha value is -4.88. The Labute approximate surface area is 165 Å². The first-order chi connectivity index (χ1) is 14.2. The number of hydrogen-bond acceptors (Lipinski definition) is 8. The summed E-state index contributed by atoms with van der Waals surface area (Å²) in [7, 11) is 0. The van der Waals surface area contributed by atoms with Gasteiger partial charge in [0, 0.05) is 35.0 Å². The highest BCUT2D eigenvalue weighted by molar-refractivity contribution is 6.05. The molecule has 2 aromatic carbocycles. The van der Waals surface area contributed by atoms with Crippen molar-refractivity contribution in [3.05, 3.63) is 68.0 Å². The number of non-ortho nitro benzene ring substituents is 2. The van der Waals surface area contributed by atoms with Crippen LogP contribution >= 0.6 is 0 Å². The number of H-pyrrole nitrogens is 2. The van der Waals surface area contributed by atoms with Crippen molar-refractivity contribution in [1.82, 2.24) is 20.4 Å². The number of nitrogens with zero attached hydrogens (tertiary/aromatic N) is 4. The van der Waals surface area contributed by atoms with E-state index < -0.39 is 21.7 Å². The van der Waals surface area contributed by atoms with Gasteiger partial charge < -0.3 is 11.5 Å². The molecule has 14 nitrogen and oxygen atoms in total. The zero-order chi connectivity index (χ0) is 22.0. The number of hydrogen-bond donors (Lipinski definition) is 4. The van der Waals surface area contributed by atoms with Crippen molar-refractivity contribution in [3.63, 3.8) is 0 Å². The number of aromatic nitrogens is 4. The molecule has 0 spiro atoms. The Morgan fingerprint density at radius 2 is 1.13 bits per heavy atom. The number of aromatic amines is 2. The molecule has 0 radical (unpaired) electrons. The molecule has 0 saturated heterocycles. The standard InChI is InChI=1S/2C8H6N4O3/c2*9-8(13)7-5-3-4(12(14)15)1-2-6(5)10-11-7/h2*1-3H,(H2,9,13)(H,10,11). The summed E-state index contributed by atoms with van der Waals surface area (Å²) in [5.74, 6) is -1.44. The van der Waals surface area contributed by atoms with E-state index in [1.165, 1.54) is 36.4 Å². The maximum absolute atomic E-state index is 10.9. The summed E-state index contributed by atoms with van der Waals surface area (Å²) in [6.45, 7) is 0. The number of nitrogens with two attached hydrogens (primary N) is 2. The van der Waals surface area contributed by atoms with Crippen LogP contribution in [0.15, 0.2) is 36.4 Å². The number of nitro groups is 2. The Bertz CT molecular complexity index is 1220. The van der Waals surface area contributed by atoms with E-state index in [9.17, 15) is 29.8 Å². The number of fused-ring (bicyclic) bond motifs is 2. The minimum Gasteiger partial charge on any atom is -0.364 e. The average Bonchev–Trinajstić information content (AvgIpc) is 3.31. The summed E-state index contributed by atoms with van der Waals surface area (Å²) in [6, 6.07) is 8.13. The first-order valence-corrected chi connectivity index (χ1v) is 8.03. The molecule has 0 aliphatic heterocycles. The third-order valence-electron chi connectivity index (χ3n) is 3.98. The fourth-order valence-electron chi connectivity index (χ4n) is 2.61. The molecule has 0 fully saturated rings. The van der Waals surface area contributed by atoms with Gasteiger partial charge in [0.05, 0.1) is 20.9 Å². The van der Waals surface area contributed by atoms with E-state index in [1.54, 1.807) is 0 Å². The van der Waals surface area contributed by atoms with Gasteiger partial charge in [-0.25, -0.2) is 0 Å². The van der Waals surface area contributed by atoms with Crippen LogP contribution in [-0.4, -0.2) is 42.1 Å². The van der Waals surface area contributed by atoms with Crippen LogP contribution < -0.4 is 11.5 Å². The van der Waals surface area contributed by atoms with Crippen molar-refractivity contribution >= 4 is 45.0 Å². The maximum atomic E-state index is 10.9. The molecular formula is C16H12N8O6. The molecule has 0 unspecified atom stereocenters. The second-order valence-corrected chi connectivity index (χ2v) is 5.85. The number of carbonyl (C=O) groups excluding carboxylic acids is 2. The summed E-state index contributed by atoms with van der Waals surface area (Å²) in [4.78, 5) is 41.8. The van der Waals surface area contributed by atoms with Gasteiger partial charge in [-0.15, -0.1) is 0 Å². The van der Waals surface area contributed by atoms with Gasteiger partial charge in [0.25, 0.3) is 23.2 Å². The molecule has 0 saturated carbocycles. The third kappa shape index (κ3) is 3.72. The average molecular weight is 412 g/mol. The van der Waals surface area contributed by atoms with Crippen molar-refractivity contribution < 1.29 is 19.4 Å². The van der Waals surface area contributed by atoms with Crippen LogP contribution in [0.1, 0.15) is 21.0 Å². The first kappa shape index (κ1) is 19.9. The van der Waals surface area contributed by atoms with Gasteiger partial charge in [0.1, 0.15) is 0 Å². The lowest BCUT2D eigenvalue weighted by molar-refractivity contribution is -0.384. The van der Waals surface area contributed by atoms with Crippen molar-refractivity contribution in [2.45, 2.75) is 0 Å². The Balaban J connectivity index is 0.000000171. The number of amides is 2. The molecule has 2 aromatic heterocycles. The molecule has 14 heteroatoms. The van der Waals surface area contributed by atoms with Crippen molar-refractivity contribution in [1.29, 1.82) is 0 Å². The highest BCUT2D eigenvalue weighted by Gasteiger charge is 2.15. The molecule has 4 rings (SSSR count). The van der Waals surface area contributed by atoms with Crippen molar-refractivity contribution in [2.75, 3.05) is 0 Å². The van der Waals surface area contributed by atoms with Crippen LogP contribution in [0.4, 0.5) is 11.4 Å². The van der Waals surface area contributed by atoms with Gasteiger partial charge in [-0.3, -0.25) is 40.0 Å². The summed E-state index contributed by atoms with van der Waals surface area (Å²) in [5, 5.41) is 34.2. The maximum Gasteiger partial charge on any atom is 0.270 e. The first-order valence-electron chi connectivity index (χ1n) is 8.03. The molecule has 30 heavy (non-hydrogen) atoms. The predicted octanol–water partition coefficient (Wildman–Crippen LogP) is 1.14. The summed E-state index contributed by atoms with van der Waals surface area (Å²) < 4.78 is 0. The van der Waals surface area contributed by atoms with Gasteiger partial charge in [-0.1, -0.05) is 0 Å². The van der Waals surface area contributed by atoms with Crippen LogP contribution in [0.3, 0.4) is 0 Å². The predicted molar refractivity (Wildman–Crippen MR) is 103 cm³/mol. The van der Waals surface area contributed by atoms with Gasteiger partial charge in [0.2, 0.25) is 0 Å². The van der Waals surface area contributed by atoms with Crippen molar-refractivity contribution in [2.24, 2.45) is 11.5 Å². The van der Waals surface area contributed by atoms with Gasteiger partial charge in [-0.05, 0) is 12.1 Å². The van der Waals surface area contributed by atoms with Crippen LogP contribution in [0, 0.1) is 20.2 Å². The molecular weight excluding hydrogens is 400 g/mol. The molecule has 0 aliphatic carbocycles. The van der Waals surface area contributed by atoms with Gasteiger partial charge >= 0.3 is 0 Å². The highest BCUT2D eigenvalue weighted by Crippen LogP contribution is 2.22. The van der Waals surface area contributed by atoms with E-state index in [0.717, 1.165) is 0 Å². The molecule has 4 aromatic rings.